The molecule has 0 spiro atoms. The topological polar surface area (TPSA) is 81.1 Å². The van der Waals surface area contributed by atoms with Crippen molar-refractivity contribution in [2.75, 3.05) is 6.54 Å². The lowest BCUT2D eigenvalue weighted by Crippen LogP contribution is -2.45. The minimum absolute atomic E-state index is 0.0423. The molecule has 0 saturated heterocycles. The molecule has 0 saturated carbocycles. The van der Waals surface area contributed by atoms with Gasteiger partial charge >= 0.3 is 5.97 Å². The monoisotopic (exact) mass is 277 g/mol. The molecule has 2 aromatic rings. The van der Waals surface area contributed by atoms with E-state index in [9.17, 15) is 14.3 Å². The van der Waals surface area contributed by atoms with Crippen molar-refractivity contribution in [3.8, 4) is 0 Å². The van der Waals surface area contributed by atoms with E-state index in [0.717, 1.165) is 0 Å². The van der Waals surface area contributed by atoms with Crippen molar-refractivity contribution >= 4 is 5.97 Å². The number of nitrogens with two attached hydrogens (primary N) is 1. The van der Waals surface area contributed by atoms with E-state index in [1.165, 1.54) is 18.2 Å². The smallest absolute Gasteiger partial charge is 0.315 e. The molecule has 0 amide bonds. The normalized spacial score (nSPS) is 13.9. The van der Waals surface area contributed by atoms with Gasteiger partial charge in [-0.2, -0.15) is 5.10 Å². The summed E-state index contributed by atoms with van der Waals surface area (Å²) in [5.41, 5.74) is 4.81. The van der Waals surface area contributed by atoms with Gasteiger partial charge in [-0.3, -0.25) is 9.48 Å². The molecular weight excluding hydrogens is 261 g/mol. The van der Waals surface area contributed by atoms with Crippen LogP contribution in [0.5, 0.6) is 0 Å². The van der Waals surface area contributed by atoms with E-state index >= 15 is 0 Å². The van der Waals surface area contributed by atoms with Gasteiger partial charge in [-0.05, 0) is 12.1 Å². The van der Waals surface area contributed by atoms with Crippen molar-refractivity contribution in [2.24, 2.45) is 12.8 Å². The fourth-order valence-corrected chi connectivity index (χ4v) is 2.27. The molecule has 0 bridgehead atoms. The van der Waals surface area contributed by atoms with Crippen LogP contribution in [0.4, 0.5) is 4.39 Å². The number of aliphatic carboxylic acids is 1. The van der Waals surface area contributed by atoms with Gasteiger partial charge in [0.25, 0.3) is 0 Å². The Kier molecular flexibility index (Phi) is 3.85. The van der Waals surface area contributed by atoms with Crippen LogP contribution in [0, 0.1) is 5.82 Å². The van der Waals surface area contributed by atoms with Crippen LogP contribution in [0.2, 0.25) is 0 Å². The zero-order valence-corrected chi connectivity index (χ0v) is 11.1. The number of benzene rings is 1. The second-order valence-corrected chi connectivity index (χ2v) is 4.73. The van der Waals surface area contributed by atoms with Crippen molar-refractivity contribution in [3.05, 3.63) is 53.6 Å². The summed E-state index contributed by atoms with van der Waals surface area (Å²) >= 11 is 0. The molecule has 1 heterocycles. The fourth-order valence-electron chi connectivity index (χ4n) is 2.27. The lowest BCUT2D eigenvalue weighted by Gasteiger charge is -2.28. The fraction of sp³-hybridized carbons (Fsp3) is 0.286. The van der Waals surface area contributed by atoms with Gasteiger partial charge in [-0.15, -0.1) is 0 Å². The second-order valence-electron chi connectivity index (χ2n) is 4.73. The number of carboxylic acid groups (broad SMARTS) is 1. The Hall–Kier alpha value is -2.21. The van der Waals surface area contributed by atoms with E-state index in [2.05, 4.69) is 5.10 Å². The average molecular weight is 277 g/mol. The number of aromatic nitrogens is 2. The van der Waals surface area contributed by atoms with Crippen molar-refractivity contribution in [3.63, 3.8) is 0 Å². The molecule has 1 atom stereocenters. The zero-order chi connectivity index (χ0) is 14.8. The number of rotatable bonds is 5. The molecule has 0 radical (unpaired) electrons. The zero-order valence-electron chi connectivity index (χ0n) is 11.1. The van der Waals surface area contributed by atoms with Crippen LogP contribution in [0.15, 0.2) is 36.5 Å². The third-order valence-corrected chi connectivity index (χ3v) is 3.40. The quantitative estimate of drug-likeness (QED) is 0.857. The second kappa shape index (κ2) is 5.42. The summed E-state index contributed by atoms with van der Waals surface area (Å²) < 4.78 is 15.6. The Balaban J connectivity index is 2.51. The minimum Gasteiger partial charge on any atom is -0.481 e. The molecule has 1 aromatic carbocycles. The number of halogens is 1. The van der Waals surface area contributed by atoms with Gasteiger partial charge in [0, 0.05) is 31.8 Å². The van der Waals surface area contributed by atoms with Gasteiger partial charge in [0.2, 0.25) is 0 Å². The van der Waals surface area contributed by atoms with E-state index in [4.69, 9.17) is 5.73 Å². The average Bonchev–Trinajstić information content (AvgIpc) is 2.82. The van der Waals surface area contributed by atoms with Gasteiger partial charge < -0.3 is 10.8 Å². The molecule has 1 aromatic heterocycles. The summed E-state index contributed by atoms with van der Waals surface area (Å²) in [4.78, 5) is 11.7. The molecule has 0 fully saturated rings. The van der Waals surface area contributed by atoms with Crippen molar-refractivity contribution in [1.29, 1.82) is 0 Å². The standard InChI is InChI=1S/C14H16FN3O2/c1-18-7-6-10(17-18)8-14(9-16,13(19)20)11-4-2-3-5-12(11)15/h2-7H,8-9,16H2,1H3,(H,19,20). The van der Waals surface area contributed by atoms with Crippen LogP contribution in [0.3, 0.4) is 0 Å². The first-order valence-corrected chi connectivity index (χ1v) is 6.16. The molecule has 0 aliphatic rings. The Bertz CT molecular complexity index is 626. The van der Waals surface area contributed by atoms with Gasteiger partial charge in [-0.1, -0.05) is 18.2 Å². The third-order valence-electron chi connectivity index (χ3n) is 3.40. The first-order chi connectivity index (χ1) is 9.49. The maximum Gasteiger partial charge on any atom is 0.315 e. The number of hydrogen-bond acceptors (Lipinski definition) is 3. The maximum atomic E-state index is 14.0. The number of hydrogen-bond donors (Lipinski definition) is 2. The van der Waals surface area contributed by atoms with Crippen LogP contribution >= 0.6 is 0 Å². The Morgan fingerprint density at radius 3 is 2.65 bits per heavy atom. The number of carbonyl (C=O) groups is 1. The molecule has 106 valence electrons. The van der Waals surface area contributed by atoms with E-state index in [-0.39, 0.29) is 18.5 Å². The number of aryl methyl sites for hydroxylation is 1. The van der Waals surface area contributed by atoms with Crippen LogP contribution in [0.1, 0.15) is 11.3 Å². The lowest BCUT2D eigenvalue weighted by atomic mass is 9.76. The maximum absolute atomic E-state index is 14.0. The van der Waals surface area contributed by atoms with Crippen molar-refractivity contribution < 1.29 is 14.3 Å². The molecule has 3 N–H and O–H groups in total. The van der Waals surface area contributed by atoms with Gasteiger partial charge in [0.1, 0.15) is 11.2 Å². The van der Waals surface area contributed by atoms with Gasteiger partial charge in [0.15, 0.2) is 0 Å². The molecule has 20 heavy (non-hydrogen) atoms. The Morgan fingerprint density at radius 1 is 1.45 bits per heavy atom. The molecule has 5 nitrogen and oxygen atoms in total. The van der Waals surface area contributed by atoms with E-state index in [0.29, 0.717) is 5.69 Å². The minimum atomic E-state index is -1.51. The number of nitrogens with zero attached hydrogens (tertiary/aromatic N) is 2. The molecule has 0 aliphatic carbocycles. The van der Waals surface area contributed by atoms with E-state index < -0.39 is 17.2 Å². The summed E-state index contributed by atoms with van der Waals surface area (Å²) in [6.45, 7) is -0.208. The van der Waals surface area contributed by atoms with Gasteiger partial charge in [0.05, 0.1) is 5.69 Å². The van der Waals surface area contributed by atoms with E-state index in [1.807, 2.05) is 0 Å². The SMILES string of the molecule is Cn1ccc(CC(CN)(C(=O)O)c2ccccc2F)n1. The van der Waals surface area contributed by atoms with Gasteiger partial charge in [-0.25, -0.2) is 4.39 Å². The highest BCUT2D eigenvalue weighted by Gasteiger charge is 2.41. The first-order valence-electron chi connectivity index (χ1n) is 6.16. The largest absolute Gasteiger partial charge is 0.481 e. The summed E-state index contributed by atoms with van der Waals surface area (Å²) in [6, 6.07) is 7.52. The molecule has 6 heteroatoms. The molecule has 1 unspecified atom stereocenters. The predicted molar refractivity (Wildman–Crippen MR) is 71.7 cm³/mol. The summed E-state index contributed by atoms with van der Waals surface area (Å²) in [5.74, 6) is -1.73. The van der Waals surface area contributed by atoms with Crippen molar-refractivity contribution in [1.82, 2.24) is 9.78 Å². The molecular formula is C14H16FN3O2. The molecule has 0 aliphatic heterocycles. The molecule has 2 rings (SSSR count). The van der Waals surface area contributed by atoms with Crippen LogP contribution < -0.4 is 5.73 Å². The highest BCUT2D eigenvalue weighted by molar-refractivity contribution is 5.82. The number of carboxylic acids is 1. The summed E-state index contributed by atoms with van der Waals surface area (Å²) in [6.07, 6.45) is 1.75. The van der Waals surface area contributed by atoms with Crippen LogP contribution in [0.25, 0.3) is 0 Å². The van der Waals surface area contributed by atoms with Crippen LogP contribution in [-0.2, 0) is 23.7 Å². The summed E-state index contributed by atoms with van der Waals surface area (Å²) in [5, 5.41) is 13.7. The lowest BCUT2D eigenvalue weighted by molar-refractivity contribution is -0.143. The predicted octanol–water partition coefficient (Wildman–Crippen LogP) is 1.08. The first kappa shape index (κ1) is 14.2. The Labute approximate surface area is 115 Å². The summed E-state index contributed by atoms with van der Waals surface area (Å²) in [7, 11) is 1.73. The third kappa shape index (κ3) is 2.42. The van der Waals surface area contributed by atoms with Crippen molar-refractivity contribution in [2.45, 2.75) is 11.8 Å². The van der Waals surface area contributed by atoms with E-state index in [1.54, 1.807) is 30.1 Å². The highest BCUT2D eigenvalue weighted by atomic mass is 19.1. The highest BCUT2D eigenvalue weighted by Crippen LogP contribution is 2.29. The Morgan fingerprint density at radius 2 is 2.15 bits per heavy atom. The van der Waals surface area contributed by atoms with Crippen LogP contribution in [-0.4, -0.2) is 27.4 Å².